The number of pyridine rings is 1. The molecule has 18 heteroatoms. The van der Waals surface area contributed by atoms with E-state index < -0.39 is 90.6 Å². The lowest BCUT2D eigenvalue weighted by Crippen LogP contribution is -2.36. The maximum atomic E-state index is 13.5. The van der Waals surface area contributed by atoms with Crippen molar-refractivity contribution in [2.24, 2.45) is 17.8 Å². The normalized spacial score (nSPS) is 22.1. The van der Waals surface area contributed by atoms with Crippen molar-refractivity contribution in [2.75, 3.05) is 24.8 Å². The number of sulfone groups is 1. The Balaban J connectivity index is 1.52. The molecule has 0 amide bonds. The van der Waals surface area contributed by atoms with E-state index >= 15 is 0 Å². The largest absolute Gasteiger partial charge is 0.438 e. The van der Waals surface area contributed by atoms with E-state index in [9.17, 15) is 38.0 Å². The van der Waals surface area contributed by atoms with Crippen LogP contribution in [-0.4, -0.2) is 83.3 Å². The second kappa shape index (κ2) is 15.9. The summed E-state index contributed by atoms with van der Waals surface area (Å²) in [5.41, 5.74) is 0.0123. The maximum Gasteiger partial charge on any atom is 0.351 e. The molecule has 3 heterocycles. The number of carbonyl (C=O) groups excluding carboxylic acids is 2. The first-order valence-corrected chi connectivity index (χ1v) is 19.5. The summed E-state index contributed by atoms with van der Waals surface area (Å²) in [5.74, 6) is -3.07. The molecule has 1 aliphatic heterocycles. The van der Waals surface area contributed by atoms with Crippen molar-refractivity contribution in [1.82, 2.24) is 9.55 Å². The number of aromatic nitrogens is 2. The maximum absolute atomic E-state index is 13.5. The van der Waals surface area contributed by atoms with Crippen molar-refractivity contribution in [3.8, 4) is 6.07 Å². The number of aliphatic hydroxyl groups excluding tert-OH is 2. The van der Waals surface area contributed by atoms with Gasteiger partial charge < -0.3 is 29.0 Å². The molecule has 2 aromatic heterocycles. The van der Waals surface area contributed by atoms with Gasteiger partial charge in [-0.25, -0.2) is 13.4 Å². The summed E-state index contributed by atoms with van der Waals surface area (Å²) < 4.78 is 67.2. The molecule has 0 unspecified atom stereocenters. The number of esters is 2. The minimum atomic E-state index is -4.63. The van der Waals surface area contributed by atoms with Crippen LogP contribution in [0.1, 0.15) is 70.7 Å². The molecule has 2 aliphatic rings. The van der Waals surface area contributed by atoms with Gasteiger partial charge in [0.05, 0.1) is 23.2 Å². The number of fused-ring (bicyclic) bond motifs is 1. The number of rotatable bonds is 15. The van der Waals surface area contributed by atoms with E-state index in [-0.39, 0.29) is 16.4 Å². The van der Waals surface area contributed by atoms with Crippen LogP contribution in [-0.2, 0) is 53.7 Å². The minimum absolute atomic E-state index is 0.0287. The van der Waals surface area contributed by atoms with E-state index in [1.807, 2.05) is 0 Å². The zero-order valence-corrected chi connectivity index (χ0v) is 29.6. The van der Waals surface area contributed by atoms with Gasteiger partial charge in [-0.2, -0.15) is 5.26 Å². The summed E-state index contributed by atoms with van der Waals surface area (Å²) in [6.45, 7) is 4.37. The highest BCUT2D eigenvalue weighted by Gasteiger charge is 2.47. The van der Waals surface area contributed by atoms with E-state index in [0.717, 1.165) is 31.2 Å². The Labute approximate surface area is 283 Å². The average molecular weight is 734 g/mol. The molecule has 1 aliphatic carbocycles. The number of hydrogen-bond donors (Lipinski definition) is 2. The molecular formula is C30H41ClN3O12PS. The molecule has 0 bridgehead atoms. The molecule has 48 heavy (non-hydrogen) atoms. The van der Waals surface area contributed by atoms with Crippen LogP contribution in [0.2, 0.25) is 5.15 Å². The molecule has 1 saturated heterocycles. The molecule has 266 valence electrons. The predicted octanol–water partition coefficient (Wildman–Crippen LogP) is 3.83. The summed E-state index contributed by atoms with van der Waals surface area (Å²) in [6.07, 6.45) is 0.316. The average Bonchev–Trinajstić information content (AvgIpc) is 3.73. The Morgan fingerprint density at radius 2 is 1.69 bits per heavy atom. The monoisotopic (exact) mass is 733 g/mol. The number of carbonyl (C=O) groups is 2. The molecule has 0 radical (unpaired) electrons. The first-order chi connectivity index (χ1) is 22.6. The Morgan fingerprint density at radius 1 is 1.10 bits per heavy atom. The Kier molecular flexibility index (Phi) is 12.7. The van der Waals surface area contributed by atoms with Crippen molar-refractivity contribution in [3.05, 3.63) is 28.5 Å². The molecule has 2 N–H and O–H groups in total. The highest BCUT2D eigenvalue weighted by molar-refractivity contribution is 7.97. The smallest absolute Gasteiger partial charge is 0.351 e. The fourth-order valence-electron chi connectivity index (χ4n) is 5.65. The molecule has 2 fully saturated rings. The zero-order chi connectivity index (χ0) is 35.4. The number of ether oxygens (including phenoxy) is 3. The minimum Gasteiger partial charge on any atom is -0.438 e. The lowest BCUT2D eigenvalue weighted by Gasteiger charge is -2.21. The summed E-state index contributed by atoms with van der Waals surface area (Å²) in [6, 6.07) is 3.85. The van der Waals surface area contributed by atoms with Gasteiger partial charge in [0.15, 0.2) is 21.6 Å². The van der Waals surface area contributed by atoms with E-state index in [4.69, 9.17) is 34.9 Å². The number of halogens is 1. The third kappa shape index (κ3) is 9.13. The third-order valence-corrected chi connectivity index (χ3v) is 13.2. The van der Waals surface area contributed by atoms with Crippen LogP contribution >= 0.6 is 19.2 Å². The van der Waals surface area contributed by atoms with Gasteiger partial charge in [-0.05, 0) is 24.0 Å². The molecule has 4 rings (SSSR count). The second-order valence-corrected chi connectivity index (χ2v) is 17.6. The Morgan fingerprint density at radius 3 is 2.23 bits per heavy atom. The number of nitrogens with zero attached hydrogens (tertiary/aromatic N) is 3. The van der Waals surface area contributed by atoms with E-state index in [2.05, 4.69) is 11.1 Å². The lowest BCUT2D eigenvalue weighted by atomic mass is 9.94. The molecule has 15 nitrogen and oxygen atoms in total. The van der Waals surface area contributed by atoms with Gasteiger partial charge in [-0.15, -0.1) is 0 Å². The summed E-state index contributed by atoms with van der Waals surface area (Å²) in [4.78, 5) is 28.0. The molecular weight excluding hydrogens is 693 g/mol. The van der Waals surface area contributed by atoms with E-state index in [0.29, 0.717) is 17.7 Å². The van der Waals surface area contributed by atoms with Crippen LogP contribution in [0.15, 0.2) is 12.3 Å². The van der Waals surface area contributed by atoms with Crippen LogP contribution in [0.25, 0.3) is 11.0 Å². The van der Waals surface area contributed by atoms with Gasteiger partial charge in [0, 0.05) is 11.6 Å². The number of hydrogen-bond acceptors (Lipinski definition) is 14. The van der Waals surface area contributed by atoms with Crippen LogP contribution in [0.5, 0.6) is 0 Å². The number of nitriles is 1. The van der Waals surface area contributed by atoms with Crippen molar-refractivity contribution in [1.29, 1.82) is 5.26 Å². The lowest BCUT2D eigenvalue weighted by molar-refractivity contribution is -0.156. The van der Waals surface area contributed by atoms with Crippen LogP contribution in [0.3, 0.4) is 0 Å². The highest BCUT2D eigenvalue weighted by Crippen LogP contribution is 2.50. The van der Waals surface area contributed by atoms with Crippen LogP contribution in [0.4, 0.5) is 0 Å². The Bertz CT molecular complexity index is 1660. The van der Waals surface area contributed by atoms with Gasteiger partial charge >= 0.3 is 19.5 Å². The summed E-state index contributed by atoms with van der Waals surface area (Å²) >= 11 is 6.43. The topological polar surface area (TPSA) is 214 Å². The molecule has 0 aromatic carbocycles. The van der Waals surface area contributed by atoms with E-state index in [1.165, 1.54) is 4.57 Å². The Hall–Kier alpha value is -2.61. The van der Waals surface area contributed by atoms with Gasteiger partial charge in [-0.3, -0.25) is 23.2 Å². The van der Waals surface area contributed by atoms with Crippen molar-refractivity contribution in [2.45, 2.75) is 84.3 Å². The quantitative estimate of drug-likeness (QED) is 0.115. The number of aliphatic hydroxyl groups is 2. The zero-order valence-electron chi connectivity index (χ0n) is 27.1. The fourth-order valence-corrected chi connectivity index (χ4v) is 10.1. The first kappa shape index (κ1) is 38.2. The van der Waals surface area contributed by atoms with Crippen molar-refractivity contribution >= 4 is 52.0 Å². The SMILES string of the molecule is CC(C)C(=O)OCOP(=O)(CS(=O)(=O)C[C@H]1O[C@@H](n2ccc3c(CC4CCCC4)c(C#N)c(Cl)nc32)[C@H](O)[C@@H]1O)OCOC(=O)C(C)C. The van der Waals surface area contributed by atoms with Gasteiger partial charge in [0.1, 0.15) is 35.2 Å². The highest BCUT2D eigenvalue weighted by atomic mass is 35.5. The van der Waals surface area contributed by atoms with Crippen molar-refractivity contribution in [3.63, 3.8) is 0 Å². The molecule has 0 spiro atoms. The molecule has 1 saturated carbocycles. The molecule has 4 atom stereocenters. The summed E-state index contributed by atoms with van der Waals surface area (Å²) in [7, 11) is -9.09. The molecule has 2 aromatic rings. The standard InChI is InChI=1S/C30H41ClN3O12PS/c1-17(2)29(37)42-14-44-47(39,45-15-43-30(38)18(3)4)16-48(40,41)13-23-24(35)25(36)28(46-23)34-10-9-20-21(11-19-7-5-6-8-19)22(12-32)26(31)33-27(20)34/h9-10,17-19,23-25,28,35-36H,5-8,11,13-16H2,1-4H3/t23-,24-,25-,28-/m1/s1. The van der Waals surface area contributed by atoms with Gasteiger partial charge in [0.2, 0.25) is 13.6 Å². The first-order valence-electron chi connectivity index (χ1n) is 15.6. The van der Waals surface area contributed by atoms with Crippen molar-refractivity contribution < 1.29 is 56.0 Å². The predicted molar refractivity (Wildman–Crippen MR) is 171 cm³/mol. The second-order valence-electron chi connectivity index (χ2n) is 12.6. The summed E-state index contributed by atoms with van der Waals surface area (Å²) in [5, 5.41) is 32.3. The van der Waals surface area contributed by atoms with E-state index in [1.54, 1.807) is 40.0 Å². The van der Waals surface area contributed by atoms with Gasteiger partial charge in [-0.1, -0.05) is 65.0 Å². The van der Waals surface area contributed by atoms with Crippen LogP contribution < -0.4 is 0 Å². The fraction of sp³-hybridized carbons (Fsp3) is 0.667. The third-order valence-electron chi connectivity index (χ3n) is 8.23. The van der Waals surface area contributed by atoms with Crippen LogP contribution in [0, 0.1) is 29.1 Å². The van der Waals surface area contributed by atoms with Gasteiger partial charge in [0.25, 0.3) is 0 Å².